The van der Waals surface area contributed by atoms with Gasteiger partial charge in [-0.2, -0.15) is 0 Å². The van der Waals surface area contributed by atoms with E-state index in [9.17, 15) is 19.2 Å². The number of thioether (sulfide) groups is 1. The molecular weight excluding hydrogens is 466 g/mol. The number of esters is 1. The van der Waals surface area contributed by atoms with Crippen molar-refractivity contribution in [3.63, 3.8) is 0 Å². The van der Waals surface area contributed by atoms with E-state index in [-0.39, 0.29) is 35.6 Å². The largest absolute Gasteiger partial charge is 0.462 e. The van der Waals surface area contributed by atoms with Crippen LogP contribution in [0.15, 0.2) is 26.1 Å². The van der Waals surface area contributed by atoms with Crippen LogP contribution in [0.4, 0.5) is 5.00 Å². The molecule has 5 rings (SSSR count). The second kappa shape index (κ2) is 8.75. The molecule has 0 aliphatic heterocycles. The van der Waals surface area contributed by atoms with Gasteiger partial charge in [0.2, 0.25) is 5.91 Å². The number of rotatable bonds is 8. The first-order valence-corrected chi connectivity index (χ1v) is 12.6. The van der Waals surface area contributed by atoms with Gasteiger partial charge < -0.3 is 10.1 Å². The molecular formula is C21H21N5O5S2. The van der Waals surface area contributed by atoms with Gasteiger partial charge in [-0.1, -0.05) is 11.8 Å². The van der Waals surface area contributed by atoms with Crippen LogP contribution in [0, 0.1) is 0 Å². The third kappa shape index (κ3) is 4.44. The summed E-state index contributed by atoms with van der Waals surface area (Å²) < 4.78 is 6.56. The summed E-state index contributed by atoms with van der Waals surface area (Å²) in [7, 11) is 0. The molecule has 2 saturated carbocycles. The molecule has 3 heterocycles. The number of aromatic amines is 1. The second-order valence-corrected chi connectivity index (χ2v) is 9.82. The standard InChI is InChI=1S/C21H21N5O5S2/c1-2-31-20(29)12-7-8-32-18(12)22-13(27)9-33-19-14-16(23-15(24-19)10-3-4-10)26(11-5-6-11)21(30)25-17(14)28/h7-8,10-11H,2-6,9H2,1H3,(H,22,27)(H,25,28,30). The molecule has 3 aromatic rings. The number of H-pyrrole nitrogens is 1. The molecule has 12 heteroatoms. The first kappa shape index (κ1) is 21.8. The van der Waals surface area contributed by atoms with Crippen LogP contribution in [-0.2, 0) is 9.53 Å². The van der Waals surface area contributed by atoms with Gasteiger partial charge in [-0.15, -0.1) is 11.3 Å². The van der Waals surface area contributed by atoms with Crippen LogP contribution >= 0.6 is 23.1 Å². The number of anilines is 1. The van der Waals surface area contributed by atoms with Gasteiger partial charge in [0.25, 0.3) is 5.56 Å². The summed E-state index contributed by atoms with van der Waals surface area (Å²) in [6, 6.07) is 1.63. The van der Waals surface area contributed by atoms with Gasteiger partial charge in [-0.05, 0) is 44.1 Å². The van der Waals surface area contributed by atoms with E-state index < -0.39 is 17.2 Å². The summed E-state index contributed by atoms with van der Waals surface area (Å²) in [4.78, 5) is 61.4. The minimum Gasteiger partial charge on any atom is -0.462 e. The zero-order valence-corrected chi connectivity index (χ0v) is 19.4. The SMILES string of the molecule is CCOC(=O)c1ccsc1NC(=O)CSc1nc(C2CC2)nc2c1c(=O)[nH]c(=O)n2C1CC1. The Morgan fingerprint density at radius 2 is 2.06 bits per heavy atom. The molecule has 33 heavy (non-hydrogen) atoms. The van der Waals surface area contributed by atoms with Gasteiger partial charge in [-0.3, -0.25) is 19.1 Å². The average Bonchev–Trinajstić information content (AvgIpc) is 3.70. The van der Waals surface area contributed by atoms with E-state index in [0.29, 0.717) is 27.1 Å². The van der Waals surface area contributed by atoms with Crippen LogP contribution in [0.25, 0.3) is 11.0 Å². The summed E-state index contributed by atoms with van der Waals surface area (Å²) in [5.41, 5.74) is -0.379. The van der Waals surface area contributed by atoms with Crippen molar-refractivity contribution in [1.29, 1.82) is 0 Å². The minimum atomic E-state index is -0.556. The number of carbonyl (C=O) groups is 2. The number of nitrogens with zero attached hydrogens (tertiary/aromatic N) is 3. The molecule has 1 amide bonds. The minimum absolute atomic E-state index is 0.0278. The highest BCUT2D eigenvalue weighted by Crippen LogP contribution is 2.40. The molecule has 0 aromatic carbocycles. The van der Waals surface area contributed by atoms with Gasteiger partial charge in [0.15, 0.2) is 5.65 Å². The van der Waals surface area contributed by atoms with Crippen molar-refractivity contribution in [2.45, 2.75) is 49.6 Å². The third-order valence-corrected chi connectivity index (χ3v) is 7.18. The molecule has 10 nitrogen and oxygen atoms in total. The van der Waals surface area contributed by atoms with Crippen LogP contribution in [0.3, 0.4) is 0 Å². The predicted octanol–water partition coefficient (Wildman–Crippen LogP) is 2.66. The highest BCUT2D eigenvalue weighted by atomic mass is 32.2. The molecule has 3 aromatic heterocycles. The highest BCUT2D eigenvalue weighted by Gasteiger charge is 2.32. The molecule has 0 unspecified atom stereocenters. The van der Waals surface area contributed by atoms with E-state index in [1.54, 1.807) is 22.9 Å². The van der Waals surface area contributed by atoms with Gasteiger partial charge in [0, 0.05) is 12.0 Å². The first-order valence-electron chi connectivity index (χ1n) is 10.7. The van der Waals surface area contributed by atoms with Crippen molar-refractivity contribution in [3.8, 4) is 0 Å². The van der Waals surface area contributed by atoms with E-state index in [0.717, 1.165) is 37.4 Å². The zero-order valence-electron chi connectivity index (χ0n) is 17.8. The molecule has 0 radical (unpaired) electrons. The lowest BCUT2D eigenvalue weighted by Gasteiger charge is -2.12. The normalized spacial score (nSPS) is 15.5. The quantitative estimate of drug-likeness (QED) is 0.281. The number of thiophene rings is 1. The number of aromatic nitrogens is 4. The van der Waals surface area contributed by atoms with Gasteiger partial charge in [0.1, 0.15) is 21.2 Å². The molecule has 2 fully saturated rings. The van der Waals surface area contributed by atoms with Crippen molar-refractivity contribution >= 4 is 51.0 Å². The third-order valence-electron chi connectivity index (χ3n) is 5.38. The molecule has 172 valence electrons. The van der Waals surface area contributed by atoms with E-state index in [1.807, 2.05) is 0 Å². The van der Waals surface area contributed by atoms with E-state index in [1.165, 1.54) is 11.3 Å². The molecule has 2 aliphatic carbocycles. The number of hydrogen-bond acceptors (Lipinski definition) is 9. The summed E-state index contributed by atoms with van der Waals surface area (Å²) in [5.74, 6) is -0.0596. The fourth-order valence-electron chi connectivity index (χ4n) is 3.51. The molecule has 0 spiro atoms. The van der Waals surface area contributed by atoms with Crippen molar-refractivity contribution in [1.82, 2.24) is 19.5 Å². The highest BCUT2D eigenvalue weighted by molar-refractivity contribution is 8.00. The number of nitrogens with one attached hydrogen (secondary N) is 2. The fraction of sp³-hybridized carbons (Fsp3) is 0.429. The van der Waals surface area contributed by atoms with E-state index in [4.69, 9.17) is 4.74 Å². The first-order chi connectivity index (χ1) is 16.0. The Bertz CT molecular complexity index is 1370. The summed E-state index contributed by atoms with van der Waals surface area (Å²) in [6.07, 6.45) is 3.64. The van der Waals surface area contributed by atoms with Crippen molar-refractivity contribution in [2.24, 2.45) is 0 Å². The van der Waals surface area contributed by atoms with Gasteiger partial charge >= 0.3 is 11.7 Å². The molecule has 0 saturated heterocycles. The maximum absolute atomic E-state index is 12.7. The second-order valence-electron chi connectivity index (χ2n) is 7.94. The monoisotopic (exact) mass is 487 g/mol. The number of hydrogen-bond donors (Lipinski definition) is 2. The lowest BCUT2D eigenvalue weighted by molar-refractivity contribution is -0.113. The van der Waals surface area contributed by atoms with Crippen molar-refractivity contribution in [3.05, 3.63) is 43.7 Å². The molecule has 0 atom stereocenters. The number of amides is 1. The average molecular weight is 488 g/mol. The Labute approximate surface area is 195 Å². The number of ether oxygens (including phenoxy) is 1. The molecule has 2 N–H and O–H groups in total. The van der Waals surface area contributed by atoms with Gasteiger partial charge in [-0.25, -0.2) is 19.6 Å². The Hall–Kier alpha value is -2.99. The van der Waals surface area contributed by atoms with Gasteiger partial charge in [0.05, 0.1) is 17.9 Å². The topological polar surface area (TPSA) is 136 Å². The maximum atomic E-state index is 12.7. The summed E-state index contributed by atoms with van der Waals surface area (Å²) in [6.45, 7) is 1.95. The molecule has 2 aliphatic rings. The Morgan fingerprint density at radius 3 is 2.76 bits per heavy atom. The Balaban J connectivity index is 1.43. The Morgan fingerprint density at radius 1 is 1.27 bits per heavy atom. The lowest BCUT2D eigenvalue weighted by atomic mass is 10.3. The predicted molar refractivity (Wildman–Crippen MR) is 124 cm³/mol. The van der Waals surface area contributed by atoms with Crippen LogP contribution in [0.1, 0.15) is 60.7 Å². The van der Waals surface area contributed by atoms with Crippen LogP contribution in [-0.4, -0.2) is 43.8 Å². The van der Waals surface area contributed by atoms with Crippen LogP contribution in [0.2, 0.25) is 0 Å². The lowest BCUT2D eigenvalue weighted by Crippen LogP contribution is -2.31. The number of carbonyl (C=O) groups excluding carboxylic acids is 2. The Kier molecular flexibility index (Phi) is 5.79. The van der Waals surface area contributed by atoms with Crippen LogP contribution in [0.5, 0.6) is 0 Å². The fourth-order valence-corrected chi connectivity index (χ4v) is 5.12. The zero-order chi connectivity index (χ0) is 23.1. The molecule has 0 bridgehead atoms. The van der Waals surface area contributed by atoms with E-state index >= 15 is 0 Å². The smallest absolute Gasteiger partial charge is 0.341 e. The van der Waals surface area contributed by atoms with Crippen LogP contribution < -0.4 is 16.6 Å². The van der Waals surface area contributed by atoms with Crippen molar-refractivity contribution < 1.29 is 14.3 Å². The summed E-state index contributed by atoms with van der Waals surface area (Å²) >= 11 is 2.34. The van der Waals surface area contributed by atoms with Crippen molar-refractivity contribution in [2.75, 3.05) is 17.7 Å². The summed E-state index contributed by atoms with van der Waals surface area (Å²) in [5, 5.41) is 5.45. The van der Waals surface area contributed by atoms with E-state index in [2.05, 4.69) is 20.3 Å². The maximum Gasteiger partial charge on any atom is 0.341 e. The number of fused-ring (bicyclic) bond motifs is 1.